The van der Waals surface area contributed by atoms with Crippen molar-refractivity contribution in [2.24, 2.45) is 5.92 Å². The van der Waals surface area contributed by atoms with Gasteiger partial charge in [0.05, 0.1) is 24.5 Å². The van der Waals surface area contributed by atoms with E-state index in [-0.39, 0.29) is 36.3 Å². The fourth-order valence-electron chi connectivity index (χ4n) is 3.55. The number of nitrogens with one attached hydrogen (secondary N) is 1. The van der Waals surface area contributed by atoms with Gasteiger partial charge in [0.1, 0.15) is 5.82 Å². The second-order valence-corrected chi connectivity index (χ2v) is 7.25. The number of likely N-dealkylation sites (tertiary alicyclic amines) is 1. The highest BCUT2D eigenvalue weighted by Gasteiger charge is 2.33. The van der Waals surface area contributed by atoms with E-state index in [0.29, 0.717) is 6.54 Å². The highest BCUT2D eigenvalue weighted by molar-refractivity contribution is 5.93. The molecule has 0 spiro atoms. The number of amides is 1. The molecule has 1 saturated heterocycles. The molecule has 1 aromatic heterocycles. The van der Waals surface area contributed by atoms with E-state index in [1.807, 2.05) is 10.9 Å². The number of rotatable bonds is 6. The van der Waals surface area contributed by atoms with Crippen molar-refractivity contribution in [3.63, 3.8) is 0 Å². The van der Waals surface area contributed by atoms with Crippen molar-refractivity contribution in [1.29, 1.82) is 0 Å². The Balaban J connectivity index is 1.40. The first-order valence-corrected chi connectivity index (χ1v) is 9.07. The van der Waals surface area contributed by atoms with Gasteiger partial charge in [0.15, 0.2) is 0 Å². The molecule has 0 bridgehead atoms. The zero-order chi connectivity index (χ0) is 18.1. The van der Waals surface area contributed by atoms with E-state index in [9.17, 15) is 14.3 Å². The Kier molecular flexibility index (Phi) is 4.74. The lowest BCUT2D eigenvalue weighted by molar-refractivity contribution is -0.117. The Hall–Kier alpha value is -2.25. The van der Waals surface area contributed by atoms with Crippen LogP contribution in [-0.4, -0.2) is 44.9 Å². The van der Waals surface area contributed by atoms with E-state index in [1.165, 1.54) is 12.1 Å². The van der Waals surface area contributed by atoms with Gasteiger partial charge in [-0.2, -0.15) is 5.10 Å². The topological polar surface area (TPSA) is 70.4 Å². The van der Waals surface area contributed by atoms with Gasteiger partial charge in [-0.05, 0) is 37.0 Å². The van der Waals surface area contributed by atoms with E-state index < -0.39 is 0 Å². The number of aliphatic hydroxyl groups is 1. The van der Waals surface area contributed by atoms with Crippen LogP contribution in [0.1, 0.15) is 30.9 Å². The van der Waals surface area contributed by atoms with Crippen LogP contribution in [0.5, 0.6) is 0 Å². The molecule has 2 atom stereocenters. The first-order valence-electron chi connectivity index (χ1n) is 9.07. The Morgan fingerprint density at radius 1 is 1.31 bits per heavy atom. The summed E-state index contributed by atoms with van der Waals surface area (Å²) in [4.78, 5) is 14.1. The number of aromatic nitrogens is 2. The average Bonchev–Trinajstić information content (AvgIpc) is 3.27. The first-order chi connectivity index (χ1) is 12.6. The summed E-state index contributed by atoms with van der Waals surface area (Å²) < 4.78 is 14.9. The smallest absolute Gasteiger partial charge is 0.227 e. The molecule has 1 saturated carbocycles. The molecule has 2 heterocycles. The number of benzene rings is 1. The minimum absolute atomic E-state index is 0.0405. The van der Waals surface area contributed by atoms with Crippen molar-refractivity contribution < 1.29 is 14.3 Å². The zero-order valence-electron chi connectivity index (χ0n) is 14.5. The minimum atomic E-state index is -0.246. The van der Waals surface area contributed by atoms with Crippen LogP contribution in [-0.2, 0) is 11.3 Å². The zero-order valence-corrected chi connectivity index (χ0v) is 14.5. The minimum Gasteiger partial charge on any atom is -0.395 e. The first kappa shape index (κ1) is 17.2. The molecule has 2 N–H and O–H groups in total. The van der Waals surface area contributed by atoms with Crippen LogP contribution in [0.4, 0.5) is 10.1 Å². The molecule has 1 amide bonds. The van der Waals surface area contributed by atoms with Crippen LogP contribution >= 0.6 is 0 Å². The second-order valence-electron chi connectivity index (χ2n) is 7.25. The average molecular weight is 358 g/mol. The molecule has 1 aromatic carbocycles. The molecule has 26 heavy (non-hydrogen) atoms. The van der Waals surface area contributed by atoms with Crippen LogP contribution in [0, 0.1) is 11.7 Å². The lowest BCUT2D eigenvalue weighted by Crippen LogP contribution is -2.31. The Morgan fingerprint density at radius 3 is 2.77 bits per heavy atom. The fraction of sp³-hybridized carbons (Fsp3) is 0.474. The van der Waals surface area contributed by atoms with Gasteiger partial charge in [0.2, 0.25) is 5.91 Å². The molecule has 138 valence electrons. The largest absolute Gasteiger partial charge is 0.395 e. The molecule has 0 unspecified atom stereocenters. The number of hydrogen-bond donors (Lipinski definition) is 2. The molecule has 2 aliphatic rings. The van der Waals surface area contributed by atoms with E-state index in [1.54, 1.807) is 18.3 Å². The van der Waals surface area contributed by atoms with Crippen molar-refractivity contribution in [3.05, 3.63) is 48.0 Å². The quantitative estimate of drug-likeness (QED) is 0.830. The maximum Gasteiger partial charge on any atom is 0.227 e. The third-order valence-electron chi connectivity index (χ3n) is 5.21. The summed E-state index contributed by atoms with van der Waals surface area (Å²) in [6.07, 6.45) is 6.27. The van der Waals surface area contributed by atoms with Gasteiger partial charge in [-0.15, -0.1) is 0 Å². The lowest BCUT2D eigenvalue weighted by Gasteiger charge is -2.22. The Labute approximate surface area is 151 Å². The van der Waals surface area contributed by atoms with E-state index in [0.717, 1.165) is 37.1 Å². The molecular weight excluding hydrogens is 335 g/mol. The normalized spacial score (nSPS) is 23.3. The number of hydrogen-bond acceptors (Lipinski definition) is 4. The number of carbonyl (C=O) groups is 1. The van der Waals surface area contributed by atoms with Crippen LogP contribution in [0.25, 0.3) is 0 Å². The summed E-state index contributed by atoms with van der Waals surface area (Å²) in [6, 6.07) is 6.64. The maximum absolute atomic E-state index is 13.1. The van der Waals surface area contributed by atoms with Crippen molar-refractivity contribution in [2.45, 2.75) is 37.9 Å². The van der Waals surface area contributed by atoms with E-state index in [2.05, 4.69) is 15.3 Å². The number of carbonyl (C=O) groups excluding carboxylic acids is 1. The van der Waals surface area contributed by atoms with Crippen LogP contribution < -0.4 is 5.32 Å². The molecule has 0 radical (unpaired) electrons. The predicted octanol–water partition coefficient (Wildman–Crippen LogP) is 2.18. The van der Waals surface area contributed by atoms with Gasteiger partial charge in [-0.3, -0.25) is 14.4 Å². The summed E-state index contributed by atoms with van der Waals surface area (Å²) in [7, 11) is 0. The number of nitrogens with zero attached hydrogens (tertiary/aromatic N) is 3. The van der Waals surface area contributed by atoms with Crippen LogP contribution in [0.2, 0.25) is 0 Å². The fourth-order valence-corrected chi connectivity index (χ4v) is 3.55. The van der Waals surface area contributed by atoms with Gasteiger partial charge < -0.3 is 10.4 Å². The molecule has 6 nitrogen and oxygen atoms in total. The second kappa shape index (κ2) is 7.17. The molecule has 4 rings (SSSR count). The van der Waals surface area contributed by atoms with E-state index >= 15 is 0 Å². The molecule has 1 aliphatic heterocycles. The van der Waals surface area contributed by atoms with Gasteiger partial charge in [-0.1, -0.05) is 12.1 Å². The summed E-state index contributed by atoms with van der Waals surface area (Å²) in [6.45, 7) is 1.49. The van der Waals surface area contributed by atoms with E-state index in [4.69, 9.17) is 0 Å². The number of aliphatic hydroxyl groups excluding tert-OH is 1. The van der Waals surface area contributed by atoms with Crippen LogP contribution in [0.3, 0.4) is 0 Å². The summed E-state index contributed by atoms with van der Waals surface area (Å²) in [5.41, 5.74) is 1.74. The molecular formula is C19H23FN4O2. The summed E-state index contributed by atoms with van der Waals surface area (Å²) in [5.74, 6) is -0.0129. The SMILES string of the molecule is O=C(Nc1cnn([C@H]2C[C@@H](CO)N(Cc3ccc(F)cc3)C2)c1)C1CC1. The summed E-state index contributed by atoms with van der Waals surface area (Å²) in [5, 5.41) is 17.0. The Morgan fingerprint density at radius 2 is 2.08 bits per heavy atom. The number of anilines is 1. The third kappa shape index (κ3) is 3.78. The molecule has 1 aliphatic carbocycles. The van der Waals surface area contributed by atoms with Crippen molar-refractivity contribution in [2.75, 3.05) is 18.5 Å². The molecule has 2 aromatic rings. The van der Waals surface area contributed by atoms with Crippen molar-refractivity contribution in [3.8, 4) is 0 Å². The Bertz CT molecular complexity index is 772. The van der Waals surface area contributed by atoms with Crippen molar-refractivity contribution in [1.82, 2.24) is 14.7 Å². The van der Waals surface area contributed by atoms with Gasteiger partial charge in [-0.25, -0.2) is 4.39 Å². The monoisotopic (exact) mass is 358 g/mol. The van der Waals surface area contributed by atoms with Gasteiger partial charge >= 0.3 is 0 Å². The van der Waals surface area contributed by atoms with Crippen molar-refractivity contribution >= 4 is 11.6 Å². The number of halogens is 1. The van der Waals surface area contributed by atoms with Gasteiger partial charge in [0, 0.05) is 31.2 Å². The van der Waals surface area contributed by atoms with Crippen LogP contribution in [0.15, 0.2) is 36.7 Å². The highest BCUT2D eigenvalue weighted by Crippen LogP contribution is 2.31. The standard InChI is InChI=1S/C19H23FN4O2/c20-15-5-1-13(2-6-15)9-23-11-17(7-18(23)12-25)24-10-16(8-21-24)22-19(26)14-3-4-14/h1-2,5-6,8,10,14,17-18,25H,3-4,7,9,11-12H2,(H,22,26)/t17-,18-/m0/s1. The maximum atomic E-state index is 13.1. The highest BCUT2D eigenvalue weighted by atomic mass is 19.1. The molecule has 7 heteroatoms. The predicted molar refractivity (Wildman–Crippen MR) is 94.9 cm³/mol. The molecule has 2 fully saturated rings. The summed E-state index contributed by atoms with van der Waals surface area (Å²) >= 11 is 0. The lowest BCUT2D eigenvalue weighted by atomic mass is 10.1. The third-order valence-corrected chi connectivity index (χ3v) is 5.21. The van der Waals surface area contributed by atoms with Gasteiger partial charge in [0.25, 0.3) is 0 Å².